The van der Waals surface area contributed by atoms with E-state index in [1.54, 1.807) is 12.1 Å². The van der Waals surface area contributed by atoms with E-state index >= 15 is 0 Å². The van der Waals surface area contributed by atoms with Gasteiger partial charge in [-0.15, -0.1) is 0 Å². The van der Waals surface area contributed by atoms with Crippen LogP contribution in [0.1, 0.15) is 18.4 Å². The van der Waals surface area contributed by atoms with Crippen molar-refractivity contribution in [2.45, 2.75) is 25.8 Å². The van der Waals surface area contributed by atoms with Crippen LogP contribution < -0.4 is 5.32 Å². The molecule has 0 radical (unpaired) electrons. The van der Waals surface area contributed by atoms with Crippen molar-refractivity contribution < 1.29 is 14.7 Å². The fourth-order valence-corrected chi connectivity index (χ4v) is 2.84. The molecule has 0 bridgehead atoms. The van der Waals surface area contributed by atoms with Crippen LogP contribution in [-0.2, 0) is 9.59 Å². The molecule has 1 aromatic carbocycles. The summed E-state index contributed by atoms with van der Waals surface area (Å²) in [6.45, 7) is 2.28. The Morgan fingerprint density at radius 1 is 1.50 bits per heavy atom. The van der Waals surface area contributed by atoms with Gasteiger partial charge in [0.05, 0.1) is 12.6 Å². The lowest BCUT2D eigenvalue weighted by Gasteiger charge is -2.22. The zero-order valence-electron chi connectivity index (χ0n) is 11.2. The van der Waals surface area contributed by atoms with Gasteiger partial charge in [-0.05, 0) is 43.5 Å². The molecule has 1 unspecified atom stereocenters. The molecule has 1 saturated heterocycles. The SMILES string of the molecule is Cc1cc(Br)ccc1NC(=O)C(=O)N1CCCC1CO. The molecule has 0 aromatic heterocycles. The van der Waals surface area contributed by atoms with E-state index in [1.165, 1.54) is 4.90 Å². The van der Waals surface area contributed by atoms with E-state index in [9.17, 15) is 14.7 Å². The first-order valence-corrected chi connectivity index (χ1v) is 7.31. The van der Waals surface area contributed by atoms with E-state index in [1.807, 2.05) is 13.0 Å². The van der Waals surface area contributed by atoms with Crippen molar-refractivity contribution in [3.05, 3.63) is 28.2 Å². The van der Waals surface area contributed by atoms with Crippen LogP contribution in [0.5, 0.6) is 0 Å². The monoisotopic (exact) mass is 340 g/mol. The lowest BCUT2D eigenvalue weighted by molar-refractivity contribution is -0.144. The van der Waals surface area contributed by atoms with Crippen molar-refractivity contribution in [3.8, 4) is 0 Å². The molecule has 108 valence electrons. The molecule has 5 nitrogen and oxygen atoms in total. The minimum absolute atomic E-state index is 0.101. The third-order valence-corrected chi connectivity index (χ3v) is 3.97. The van der Waals surface area contributed by atoms with Gasteiger partial charge in [0.15, 0.2) is 0 Å². The van der Waals surface area contributed by atoms with Gasteiger partial charge < -0.3 is 15.3 Å². The van der Waals surface area contributed by atoms with Crippen LogP contribution in [0, 0.1) is 6.92 Å². The number of amides is 2. The molecule has 1 atom stereocenters. The standard InChI is InChI=1S/C14H17BrN2O3/c1-9-7-10(15)4-5-12(9)16-13(19)14(20)17-6-2-3-11(17)8-18/h4-5,7,11,18H,2-3,6,8H2,1H3,(H,16,19). The van der Waals surface area contributed by atoms with Gasteiger partial charge in [0.1, 0.15) is 0 Å². The Kier molecular flexibility index (Phi) is 4.77. The first-order valence-electron chi connectivity index (χ1n) is 6.52. The molecule has 2 N–H and O–H groups in total. The highest BCUT2D eigenvalue weighted by atomic mass is 79.9. The molecule has 0 aliphatic carbocycles. The Morgan fingerprint density at radius 2 is 2.25 bits per heavy atom. The predicted octanol–water partition coefficient (Wildman–Crippen LogP) is 1.68. The highest BCUT2D eigenvalue weighted by Crippen LogP contribution is 2.21. The van der Waals surface area contributed by atoms with Crippen LogP contribution in [0.2, 0.25) is 0 Å². The molecule has 1 fully saturated rings. The highest BCUT2D eigenvalue weighted by Gasteiger charge is 2.32. The number of benzene rings is 1. The van der Waals surface area contributed by atoms with Crippen molar-refractivity contribution in [1.29, 1.82) is 0 Å². The zero-order chi connectivity index (χ0) is 14.7. The number of aliphatic hydroxyl groups excluding tert-OH is 1. The fraction of sp³-hybridized carbons (Fsp3) is 0.429. The van der Waals surface area contributed by atoms with Gasteiger partial charge in [0.25, 0.3) is 0 Å². The van der Waals surface area contributed by atoms with Crippen molar-refractivity contribution in [2.24, 2.45) is 0 Å². The van der Waals surface area contributed by atoms with Crippen molar-refractivity contribution in [1.82, 2.24) is 4.90 Å². The average Bonchev–Trinajstić information content (AvgIpc) is 2.89. The minimum atomic E-state index is -0.657. The number of hydrogen-bond donors (Lipinski definition) is 2. The number of carbonyl (C=O) groups excluding carboxylic acids is 2. The summed E-state index contributed by atoms with van der Waals surface area (Å²) in [6, 6.07) is 5.18. The second kappa shape index (κ2) is 6.37. The van der Waals surface area contributed by atoms with Gasteiger partial charge in [-0.25, -0.2) is 0 Å². The Labute approximate surface area is 126 Å². The van der Waals surface area contributed by atoms with Crippen LogP contribution >= 0.6 is 15.9 Å². The quantitative estimate of drug-likeness (QED) is 0.804. The molecule has 2 amide bonds. The number of aryl methyl sites for hydroxylation is 1. The van der Waals surface area contributed by atoms with Gasteiger partial charge in [0.2, 0.25) is 0 Å². The van der Waals surface area contributed by atoms with E-state index in [2.05, 4.69) is 21.2 Å². The molecular formula is C14H17BrN2O3. The third-order valence-electron chi connectivity index (χ3n) is 3.48. The van der Waals surface area contributed by atoms with E-state index < -0.39 is 11.8 Å². The van der Waals surface area contributed by atoms with E-state index in [4.69, 9.17) is 0 Å². The van der Waals surface area contributed by atoms with Gasteiger partial charge in [-0.2, -0.15) is 0 Å². The summed E-state index contributed by atoms with van der Waals surface area (Å²) in [5.74, 6) is -1.24. The summed E-state index contributed by atoms with van der Waals surface area (Å²) in [7, 11) is 0. The smallest absolute Gasteiger partial charge is 0.313 e. The molecule has 1 aliphatic rings. The van der Waals surface area contributed by atoms with Gasteiger partial charge in [-0.3, -0.25) is 9.59 Å². The van der Waals surface area contributed by atoms with Gasteiger partial charge in [0, 0.05) is 16.7 Å². The fourth-order valence-electron chi connectivity index (χ4n) is 2.37. The Morgan fingerprint density at radius 3 is 2.90 bits per heavy atom. The number of likely N-dealkylation sites (tertiary alicyclic amines) is 1. The normalized spacial score (nSPS) is 18.1. The molecule has 2 rings (SSSR count). The number of rotatable bonds is 2. The summed E-state index contributed by atoms with van der Waals surface area (Å²) < 4.78 is 0.916. The van der Waals surface area contributed by atoms with Crippen molar-refractivity contribution >= 4 is 33.4 Å². The topological polar surface area (TPSA) is 69.6 Å². The van der Waals surface area contributed by atoms with Crippen molar-refractivity contribution in [3.63, 3.8) is 0 Å². The molecule has 1 heterocycles. The van der Waals surface area contributed by atoms with Crippen LogP contribution in [0.25, 0.3) is 0 Å². The lowest BCUT2D eigenvalue weighted by atomic mass is 10.2. The number of carbonyl (C=O) groups is 2. The van der Waals surface area contributed by atoms with Crippen LogP contribution in [0.3, 0.4) is 0 Å². The second-order valence-corrected chi connectivity index (χ2v) is 5.81. The minimum Gasteiger partial charge on any atom is -0.394 e. The molecule has 20 heavy (non-hydrogen) atoms. The summed E-state index contributed by atoms with van der Waals surface area (Å²) >= 11 is 3.35. The summed E-state index contributed by atoms with van der Waals surface area (Å²) in [5, 5.41) is 11.8. The van der Waals surface area contributed by atoms with E-state index in [0.717, 1.165) is 22.9 Å². The number of nitrogens with one attached hydrogen (secondary N) is 1. The number of nitrogens with zero attached hydrogens (tertiary/aromatic N) is 1. The van der Waals surface area contributed by atoms with E-state index in [-0.39, 0.29) is 12.6 Å². The average molecular weight is 341 g/mol. The van der Waals surface area contributed by atoms with Crippen molar-refractivity contribution in [2.75, 3.05) is 18.5 Å². The molecule has 1 aliphatic heterocycles. The van der Waals surface area contributed by atoms with Crippen LogP contribution in [0.4, 0.5) is 5.69 Å². The van der Waals surface area contributed by atoms with Crippen LogP contribution in [0.15, 0.2) is 22.7 Å². The first-order chi connectivity index (χ1) is 9.52. The maximum Gasteiger partial charge on any atom is 0.313 e. The van der Waals surface area contributed by atoms with Gasteiger partial charge >= 0.3 is 11.8 Å². The molecule has 1 aromatic rings. The first kappa shape index (κ1) is 15.0. The molecule has 0 saturated carbocycles. The zero-order valence-corrected chi connectivity index (χ0v) is 12.8. The molecule has 6 heteroatoms. The number of halogens is 1. The van der Waals surface area contributed by atoms with E-state index in [0.29, 0.717) is 12.2 Å². The Bertz CT molecular complexity index is 533. The van der Waals surface area contributed by atoms with Gasteiger partial charge in [-0.1, -0.05) is 15.9 Å². The van der Waals surface area contributed by atoms with Crippen LogP contribution in [-0.4, -0.2) is 41.0 Å². The molecule has 0 spiro atoms. The highest BCUT2D eigenvalue weighted by molar-refractivity contribution is 9.10. The lowest BCUT2D eigenvalue weighted by Crippen LogP contribution is -2.43. The Balaban J connectivity index is 2.06. The number of anilines is 1. The summed E-state index contributed by atoms with van der Waals surface area (Å²) in [5.41, 5.74) is 1.49. The number of hydrogen-bond acceptors (Lipinski definition) is 3. The maximum atomic E-state index is 12.1. The third kappa shape index (κ3) is 3.19. The maximum absolute atomic E-state index is 12.1. The summed E-state index contributed by atoms with van der Waals surface area (Å²) in [4.78, 5) is 25.5. The predicted molar refractivity (Wildman–Crippen MR) is 79.3 cm³/mol. The largest absolute Gasteiger partial charge is 0.394 e. The number of aliphatic hydroxyl groups is 1. The second-order valence-electron chi connectivity index (χ2n) is 4.89. The molecular weight excluding hydrogens is 324 g/mol. The Hall–Kier alpha value is -1.40. The summed E-state index contributed by atoms with van der Waals surface area (Å²) in [6.07, 6.45) is 1.56.